The highest BCUT2D eigenvalue weighted by atomic mass is 32.1. The Labute approximate surface area is 159 Å². The molecule has 2 nitrogen and oxygen atoms in total. The minimum Gasteiger partial charge on any atom is -0.297 e. The van der Waals surface area contributed by atoms with Gasteiger partial charge in [0.2, 0.25) is 0 Å². The van der Waals surface area contributed by atoms with Crippen LogP contribution in [-0.2, 0) is 0 Å². The normalized spacial score (nSPS) is 31.7. The van der Waals surface area contributed by atoms with Crippen molar-refractivity contribution < 1.29 is 4.79 Å². The van der Waals surface area contributed by atoms with E-state index in [0.717, 1.165) is 23.1 Å². The Morgan fingerprint density at radius 3 is 2.65 bits per heavy atom. The molecule has 0 amide bonds. The molecule has 2 saturated carbocycles. The molecule has 5 fully saturated rings. The first-order valence-corrected chi connectivity index (χ1v) is 11.3. The van der Waals surface area contributed by atoms with E-state index < -0.39 is 0 Å². The Kier molecular flexibility index (Phi) is 3.30. The van der Waals surface area contributed by atoms with E-state index in [0.29, 0.717) is 17.2 Å². The Hall–Kier alpha value is -1.19. The quantitative estimate of drug-likeness (QED) is 0.664. The van der Waals surface area contributed by atoms with Crippen LogP contribution in [0.2, 0.25) is 0 Å². The number of thiophene rings is 1. The van der Waals surface area contributed by atoms with Crippen molar-refractivity contribution in [3.63, 3.8) is 0 Å². The Morgan fingerprint density at radius 1 is 1.19 bits per heavy atom. The molecule has 5 aliphatic rings. The minimum atomic E-state index is 0.413. The maximum absolute atomic E-state index is 13.2. The fourth-order valence-corrected chi connectivity index (χ4v) is 7.42. The third-order valence-electron chi connectivity index (χ3n) is 7.80. The second kappa shape index (κ2) is 5.42. The van der Waals surface area contributed by atoms with Gasteiger partial charge in [-0.05, 0) is 98.9 Å². The first-order valence-electron chi connectivity index (χ1n) is 10.5. The third kappa shape index (κ3) is 2.23. The van der Waals surface area contributed by atoms with Gasteiger partial charge in [-0.2, -0.15) is 0 Å². The summed E-state index contributed by atoms with van der Waals surface area (Å²) in [5.41, 5.74) is 3.37. The molecule has 0 N–H and O–H groups in total. The number of aryl methyl sites for hydroxylation is 1. The van der Waals surface area contributed by atoms with Crippen LogP contribution in [0, 0.1) is 18.8 Å². The first kappa shape index (κ1) is 15.8. The van der Waals surface area contributed by atoms with E-state index in [9.17, 15) is 4.79 Å². The fourth-order valence-electron chi connectivity index (χ4n) is 6.13. The van der Waals surface area contributed by atoms with Gasteiger partial charge in [-0.3, -0.25) is 9.69 Å². The van der Waals surface area contributed by atoms with Crippen molar-refractivity contribution in [2.45, 2.75) is 63.3 Å². The van der Waals surface area contributed by atoms with Crippen LogP contribution in [0.1, 0.15) is 71.7 Å². The number of piperidine rings is 3. The Balaban J connectivity index is 1.32. The van der Waals surface area contributed by atoms with E-state index in [1.165, 1.54) is 72.8 Å². The highest BCUT2D eigenvalue weighted by molar-refractivity contribution is 7.21. The number of hydrogen-bond donors (Lipinski definition) is 0. The van der Waals surface area contributed by atoms with Crippen LogP contribution in [0.3, 0.4) is 0 Å². The van der Waals surface area contributed by atoms with Gasteiger partial charge in [-0.25, -0.2) is 0 Å². The molecule has 2 aromatic rings. The maximum Gasteiger partial charge on any atom is 0.173 e. The lowest BCUT2D eigenvalue weighted by molar-refractivity contribution is -0.0273. The molecule has 136 valence electrons. The summed E-state index contributed by atoms with van der Waals surface area (Å²) in [6.07, 6.45) is 8.73. The van der Waals surface area contributed by atoms with E-state index in [2.05, 4.69) is 30.0 Å². The van der Waals surface area contributed by atoms with Crippen molar-refractivity contribution in [3.05, 3.63) is 34.2 Å². The largest absolute Gasteiger partial charge is 0.297 e. The number of ketones is 1. The molecule has 1 aromatic heterocycles. The van der Waals surface area contributed by atoms with Crippen molar-refractivity contribution in [1.29, 1.82) is 0 Å². The van der Waals surface area contributed by atoms with Gasteiger partial charge >= 0.3 is 0 Å². The number of hydrogen-bond acceptors (Lipinski definition) is 3. The molecule has 1 spiro atoms. The van der Waals surface area contributed by atoms with Crippen LogP contribution in [0.15, 0.2) is 18.2 Å². The minimum absolute atomic E-state index is 0.413. The molecule has 4 heterocycles. The summed E-state index contributed by atoms with van der Waals surface area (Å²) in [5, 5.41) is 1.29. The number of rotatable bonds is 4. The van der Waals surface area contributed by atoms with Crippen molar-refractivity contribution >= 4 is 27.2 Å². The number of carbonyl (C=O) groups excluding carboxylic acids is 1. The molecule has 3 saturated heterocycles. The van der Waals surface area contributed by atoms with Crippen LogP contribution in [0.4, 0.5) is 0 Å². The summed E-state index contributed by atoms with van der Waals surface area (Å²) in [6.45, 7) is 4.79. The van der Waals surface area contributed by atoms with Crippen LogP contribution >= 0.6 is 11.3 Å². The average Bonchev–Trinajstić information content (AvgIpc) is 3.57. The summed E-state index contributed by atoms with van der Waals surface area (Å²) >= 11 is 1.78. The van der Waals surface area contributed by atoms with E-state index in [-0.39, 0.29) is 0 Å². The van der Waals surface area contributed by atoms with Crippen molar-refractivity contribution in [1.82, 2.24) is 4.90 Å². The zero-order chi connectivity index (χ0) is 17.5. The number of Topliss-reactive ketones (excluding diaryl/α,β-unsaturated/α-hetero) is 1. The third-order valence-corrected chi connectivity index (χ3v) is 9.02. The molecule has 1 atom stereocenters. The predicted octanol–water partition coefficient (Wildman–Crippen LogP) is 5.53. The van der Waals surface area contributed by atoms with Gasteiger partial charge in [-0.1, -0.05) is 12.1 Å². The number of fused-ring (bicyclic) bond motifs is 3. The van der Waals surface area contributed by atoms with Crippen LogP contribution in [0.25, 0.3) is 10.1 Å². The lowest BCUT2D eigenvalue weighted by atomic mass is 9.70. The molecule has 0 radical (unpaired) electrons. The molecule has 26 heavy (non-hydrogen) atoms. The molecule has 0 unspecified atom stereocenters. The molecule has 2 bridgehead atoms. The number of benzene rings is 1. The van der Waals surface area contributed by atoms with Gasteiger partial charge in [0.1, 0.15) is 0 Å². The lowest BCUT2D eigenvalue weighted by Crippen LogP contribution is -2.57. The van der Waals surface area contributed by atoms with Gasteiger partial charge in [0.15, 0.2) is 5.78 Å². The van der Waals surface area contributed by atoms with E-state index >= 15 is 0 Å². The summed E-state index contributed by atoms with van der Waals surface area (Å²) in [5.74, 6) is 2.57. The Bertz CT molecular complexity index is 896. The van der Waals surface area contributed by atoms with Crippen molar-refractivity contribution in [2.24, 2.45) is 11.8 Å². The highest BCUT2D eigenvalue weighted by Gasteiger charge is 2.60. The molecule has 7 rings (SSSR count). The molecular formula is C23H27NOS. The van der Waals surface area contributed by atoms with Crippen molar-refractivity contribution in [3.8, 4) is 0 Å². The molecular weight excluding hydrogens is 338 g/mol. The monoisotopic (exact) mass is 365 g/mol. The van der Waals surface area contributed by atoms with Gasteiger partial charge in [-0.15, -0.1) is 11.3 Å². The number of nitrogens with zero attached hydrogens (tertiary/aromatic N) is 1. The predicted molar refractivity (Wildman–Crippen MR) is 107 cm³/mol. The molecule has 3 heteroatoms. The highest BCUT2D eigenvalue weighted by Crippen LogP contribution is 2.58. The van der Waals surface area contributed by atoms with Crippen LogP contribution in [-0.4, -0.2) is 29.3 Å². The summed E-state index contributed by atoms with van der Waals surface area (Å²) < 4.78 is 1.39. The second-order valence-electron chi connectivity index (χ2n) is 9.26. The summed E-state index contributed by atoms with van der Waals surface area (Å²) in [7, 11) is 0. The van der Waals surface area contributed by atoms with Gasteiger partial charge < -0.3 is 0 Å². The molecule has 2 aliphatic carbocycles. The summed E-state index contributed by atoms with van der Waals surface area (Å²) in [4.78, 5) is 17.0. The topological polar surface area (TPSA) is 20.3 Å². The number of carbonyl (C=O) groups is 1. The zero-order valence-corrected chi connectivity index (χ0v) is 16.4. The van der Waals surface area contributed by atoms with Crippen LogP contribution < -0.4 is 0 Å². The van der Waals surface area contributed by atoms with E-state index in [4.69, 9.17) is 0 Å². The maximum atomic E-state index is 13.2. The van der Waals surface area contributed by atoms with Crippen LogP contribution in [0.5, 0.6) is 0 Å². The second-order valence-corrected chi connectivity index (χ2v) is 10.3. The fraction of sp³-hybridized carbons (Fsp3) is 0.609. The van der Waals surface area contributed by atoms with E-state index in [1.807, 2.05) is 0 Å². The molecule has 1 aromatic carbocycles. The molecule has 3 aliphatic heterocycles. The standard InChI is InChI=1S/C23H27NOS/c1-14-2-3-17-12-20(26-22(17)21(14)16-4-5-16)19(25)13-18-15-6-10-24(11-7-15)23(18)8-9-23/h2-3,12,15-16,18H,4-11,13H2,1H3/t18-/m1/s1. The average molecular weight is 366 g/mol. The summed E-state index contributed by atoms with van der Waals surface area (Å²) in [6, 6.07) is 6.67. The smallest absolute Gasteiger partial charge is 0.173 e. The first-order chi connectivity index (χ1) is 12.7. The Morgan fingerprint density at radius 2 is 1.96 bits per heavy atom. The van der Waals surface area contributed by atoms with Crippen molar-refractivity contribution in [2.75, 3.05) is 13.1 Å². The van der Waals surface area contributed by atoms with Gasteiger partial charge in [0, 0.05) is 16.7 Å². The SMILES string of the molecule is Cc1ccc2cc(C(=O)C[C@@H]3C4CCN(CC4)C34CC4)sc2c1C1CC1. The van der Waals surface area contributed by atoms with Gasteiger partial charge in [0.05, 0.1) is 4.88 Å². The zero-order valence-electron chi connectivity index (χ0n) is 15.6. The lowest BCUT2D eigenvalue weighted by Gasteiger charge is -2.52. The van der Waals surface area contributed by atoms with E-state index in [1.54, 1.807) is 11.3 Å². The van der Waals surface area contributed by atoms with Gasteiger partial charge in [0.25, 0.3) is 0 Å².